The van der Waals surface area contributed by atoms with E-state index in [9.17, 15) is 0 Å². The first kappa shape index (κ1) is 26.9. The van der Waals surface area contributed by atoms with Gasteiger partial charge in [-0.3, -0.25) is 0 Å². The van der Waals surface area contributed by atoms with Gasteiger partial charge in [-0.1, -0.05) is 64.7 Å². The first-order valence-corrected chi connectivity index (χ1v) is 12.5. The average molecular weight is 487 g/mol. The summed E-state index contributed by atoms with van der Waals surface area (Å²) in [6.45, 7) is 8.25. The molecule has 0 fully saturated rings. The maximum atomic E-state index is 5.82. The summed E-state index contributed by atoms with van der Waals surface area (Å²) in [6.07, 6.45) is 6.97. The van der Waals surface area contributed by atoms with E-state index in [0.29, 0.717) is 11.7 Å². The highest BCUT2D eigenvalue weighted by atomic mass is 32.1. The molecule has 2 rings (SSSR count). The molecule has 0 aliphatic carbocycles. The maximum absolute atomic E-state index is 5.82. The Morgan fingerprint density at radius 3 is 2.18 bits per heavy atom. The van der Waals surface area contributed by atoms with Gasteiger partial charge in [-0.2, -0.15) is 0 Å². The molecule has 5 N–H and O–H groups in total. The maximum Gasteiger partial charge on any atom is 0.170 e. The molecular weight excluding hydrogens is 448 g/mol. The van der Waals surface area contributed by atoms with Crippen molar-refractivity contribution in [2.75, 3.05) is 23.8 Å². The van der Waals surface area contributed by atoms with Gasteiger partial charge in [0.05, 0.1) is 6.61 Å². The minimum Gasteiger partial charge on any atom is -0.494 e. The highest BCUT2D eigenvalue weighted by Gasteiger charge is 2.13. The Labute approximate surface area is 209 Å². The third kappa shape index (κ3) is 11.3. The normalized spacial score (nSPS) is 11.0. The van der Waals surface area contributed by atoms with Gasteiger partial charge in [0.2, 0.25) is 0 Å². The van der Waals surface area contributed by atoms with Crippen LogP contribution < -0.4 is 26.4 Å². The summed E-state index contributed by atoms with van der Waals surface area (Å²) in [4.78, 5) is 0. The standard InChI is InChI=1S/C26H38N4OS2/c1-26(2,3)20-12-10-13-21(18-20)30-25(33)28-16-8-6-4-5-7-9-17-31-23-15-11-14-22(19-23)29-24(27)32/h10-15,18-19H,4-9,16-17H2,1-3H3,(H3,27,29,32)(H2,28,30,33). The quantitative estimate of drug-likeness (QED) is 0.206. The fraction of sp³-hybridized carbons (Fsp3) is 0.462. The van der Waals surface area contributed by atoms with Crippen molar-refractivity contribution in [3.63, 3.8) is 0 Å². The van der Waals surface area contributed by atoms with Gasteiger partial charge < -0.3 is 26.4 Å². The van der Waals surface area contributed by atoms with Crippen molar-refractivity contribution in [2.24, 2.45) is 5.73 Å². The van der Waals surface area contributed by atoms with E-state index in [0.717, 1.165) is 36.5 Å². The number of benzene rings is 2. The number of hydrogen-bond acceptors (Lipinski definition) is 3. The minimum atomic E-state index is 0.125. The van der Waals surface area contributed by atoms with Crippen molar-refractivity contribution < 1.29 is 4.74 Å². The number of hydrogen-bond donors (Lipinski definition) is 4. The molecule has 0 spiro atoms. The topological polar surface area (TPSA) is 71.3 Å². The first-order valence-electron chi connectivity index (χ1n) is 11.7. The lowest BCUT2D eigenvalue weighted by Crippen LogP contribution is -2.29. The van der Waals surface area contributed by atoms with Crippen LogP contribution in [-0.4, -0.2) is 23.4 Å². The highest BCUT2D eigenvalue weighted by molar-refractivity contribution is 7.80. The third-order valence-corrected chi connectivity index (χ3v) is 5.56. The molecule has 0 bridgehead atoms. The monoisotopic (exact) mass is 486 g/mol. The van der Waals surface area contributed by atoms with Gasteiger partial charge >= 0.3 is 0 Å². The molecule has 0 aliphatic rings. The van der Waals surface area contributed by atoms with Crippen LogP contribution in [0.5, 0.6) is 5.75 Å². The number of anilines is 2. The Kier molecular flexibility index (Phi) is 11.4. The van der Waals surface area contributed by atoms with Gasteiger partial charge in [0.25, 0.3) is 0 Å². The molecule has 0 saturated heterocycles. The molecule has 5 nitrogen and oxygen atoms in total. The van der Waals surface area contributed by atoms with E-state index in [-0.39, 0.29) is 10.5 Å². The molecule has 0 atom stereocenters. The van der Waals surface area contributed by atoms with E-state index >= 15 is 0 Å². The van der Waals surface area contributed by atoms with Gasteiger partial charge in [-0.15, -0.1) is 0 Å². The summed E-state index contributed by atoms with van der Waals surface area (Å²) in [5.74, 6) is 0.831. The number of rotatable bonds is 12. The van der Waals surface area contributed by atoms with Crippen molar-refractivity contribution in [3.05, 3.63) is 54.1 Å². The van der Waals surface area contributed by atoms with E-state index in [1.807, 2.05) is 24.3 Å². The van der Waals surface area contributed by atoms with Crippen LogP contribution in [0.1, 0.15) is 64.9 Å². The van der Waals surface area contributed by atoms with Crippen molar-refractivity contribution in [1.82, 2.24) is 5.32 Å². The zero-order chi connectivity index (χ0) is 24.1. The fourth-order valence-corrected chi connectivity index (χ4v) is 3.71. The fourth-order valence-electron chi connectivity index (χ4n) is 3.37. The Morgan fingerprint density at radius 1 is 0.848 bits per heavy atom. The minimum absolute atomic E-state index is 0.125. The number of ether oxygens (including phenoxy) is 1. The molecule has 2 aromatic rings. The second-order valence-electron chi connectivity index (χ2n) is 9.20. The number of thiocarbonyl (C=S) groups is 2. The van der Waals surface area contributed by atoms with Crippen LogP contribution >= 0.6 is 24.4 Å². The van der Waals surface area contributed by atoms with Crippen LogP contribution in [0, 0.1) is 0 Å². The number of nitrogens with two attached hydrogens (primary N) is 1. The van der Waals surface area contributed by atoms with Crippen LogP contribution in [-0.2, 0) is 5.41 Å². The van der Waals surface area contributed by atoms with E-state index in [1.54, 1.807) is 0 Å². The van der Waals surface area contributed by atoms with Gasteiger partial charge in [0, 0.05) is 24.0 Å². The van der Waals surface area contributed by atoms with E-state index in [1.165, 1.54) is 31.2 Å². The molecule has 180 valence electrons. The average Bonchev–Trinajstić information content (AvgIpc) is 2.74. The second kappa shape index (κ2) is 14.0. The second-order valence-corrected chi connectivity index (χ2v) is 10.0. The van der Waals surface area contributed by atoms with Crippen molar-refractivity contribution in [2.45, 2.75) is 64.7 Å². The lowest BCUT2D eigenvalue weighted by atomic mass is 9.87. The van der Waals surface area contributed by atoms with E-state index in [4.69, 9.17) is 34.9 Å². The zero-order valence-electron chi connectivity index (χ0n) is 20.1. The Bertz CT molecular complexity index is 896. The summed E-state index contributed by atoms with van der Waals surface area (Å²) in [7, 11) is 0. The number of nitrogens with one attached hydrogen (secondary N) is 3. The van der Waals surface area contributed by atoms with Crippen molar-refractivity contribution in [1.29, 1.82) is 0 Å². The Balaban J connectivity index is 1.49. The Hall–Kier alpha value is -2.38. The van der Waals surface area contributed by atoms with Crippen LogP contribution in [0.3, 0.4) is 0 Å². The summed E-state index contributed by atoms with van der Waals surface area (Å²) in [5.41, 5.74) is 8.81. The molecule has 0 heterocycles. The molecule has 0 aromatic heterocycles. The largest absolute Gasteiger partial charge is 0.494 e. The molecule has 0 saturated carbocycles. The van der Waals surface area contributed by atoms with E-state index in [2.05, 4.69) is 61.0 Å². The van der Waals surface area contributed by atoms with Gasteiger partial charge in [-0.05, 0) is 72.5 Å². The van der Waals surface area contributed by atoms with Gasteiger partial charge in [-0.25, -0.2) is 0 Å². The summed E-state index contributed by atoms with van der Waals surface area (Å²) in [5, 5.41) is 10.5. The lowest BCUT2D eigenvalue weighted by Gasteiger charge is -2.20. The molecule has 2 aromatic carbocycles. The third-order valence-electron chi connectivity index (χ3n) is 5.21. The highest BCUT2D eigenvalue weighted by Crippen LogP contribution is 2.24. The SMILES string of the molecule is CC(C)(C)c1cccc(NC(=S)NCCCCCCCCOc2cccc(NC(N)=S)c2)c1. The predicted molar refractivity (Wildman–Crippen MR) is 149 cm³/mol. The summed E-state index contributed by atoms with van der Waals surface area (Å²) >= 11 is 10.3. The van der Waals surface area contributed by atoms with Crippen LogP contribution in [0.4, 0.5) is 11.4 Å². The van der Waals surface area contributed by atoms with Gasteiger partial charge in [0.15, 0.2) is 10.2 Å². The summed E-state index contributed by atoms with van der Waals surface area (Å²) < 4.78 is 5.82. The van der Waals surface area contributed by atoms with Crippen LogP contribution in [0.15, 0.2) is 48.5 Å². The lowest BCUT2D eigenvalue weighted by molar-refractivity contribution is 0.304. The first-order chi connectivity index (χ1) is 15.7. The molecule has 7 heteroatoms. The predicted octanol–water partition coefficient (Wildman–Crippen LogP) is 6.35. The van der Waals surface area contributed by atoms with Gasteiger partial charge in [0.1, 0.15) is 5.75 Å². The zero-order valence-corrected chi connectivity index (χ0v) is 21.7. The van der Waals surface area contributed by atoms with Crippen LogP contribution in [0.25, 0.3) is 0 Å². The van der Waals surface area contributed by atoms with Crippen molar-refractivity contribution in [3.8, 4) is 5.75 Å². The smallest absolute Gasteiger partial charge is 0.170 e. The molecule has 0 amide bonds. The Morgan fingerprint density at radius 2 is 1.48 bits per heavy atom. The molecule has 0 unspecified atom stereocenters. The molecule has 0 aliphatic heterocycles. The van der Waals surface area contributed by atoms with E-state index < -0.39 is 0 Å². The molecule has 33 heavy (non-hydrogen) atoms. The molecular formula is C26H38N4OS2. The summed E-state index contributed by atoms with van der Waals surface area (Å²) in [6, 6.07) is 16.1. The number of unbranched alkanes of at least 4 members (excludes halogenated alkanes) is 5. The van der Waals surface area contributed by atoms with Crippen molar-refractivity contribution >= 4 is 46.0 Å². The van der Waals surface area contributed by atoms with Crippen LogP contribution in [0.2, 0.25) is 0 Å². The molecule has 0 radical (unpaired) electrons.